The van der Waals surface area contributed by atoms with Crippen LogP contribution in [0.5, 0.6) is 0 Å². The van der Waals surface area contributed by atoms with Crippen molar-refractivity contribution in [1.29, 1.82) is 5.26 Å². The third-order valence-electron chi connectivity index (χ3n) is 3.38. The molecule has 0 heterocycles. The predicted molar refractivity (Wildman–Crippen MR) is 100 cm³/mol. The lowest BCUT2D eigenvalue weighted by molar-refractivity contribution is -0.119. The Kier molecular flexibility index (Phi) is 6.99. The van der Waals surface area contributed by atoms with Gasteiger partial charge in [0.1, 0.15) is 0 Å². The highest BCUT2D eigenvalue weighted by Gasteiger charge is 2.11. The molecule has 0 saturated heterocycles. The lowest BCUT2D eigenvalue weighted by Crippen LogP contribution is -2.28. The summed E-state index contributed by atoms with van der Waals surface area (Å²) < 4.78 is 0. The molecule has 1 N–H and O–H groups in total. The van der Waals surface area contributed by atoms with Crippen molar-refractivity contribution in [3.05, 3.63) is 69.2 Å². The van der Waals surface area contributed by atoms with Gasteiger partial charge in [0.2, 0.25) is 5.91 Å². The molecule has 0 aliphatic heterocycles. The third-order valence-corrected chi connectivity index (χ3v) is 5.12. The Bertz CT molecular complexity index is 774. The molecule has 124 valence electrons. The Labute approximate surface area is 156 Å². The van der Waals surface area contributed by atoms with Gasteiger partial charge in [0.05, 0.1) is 33.5 Å². The lowest BCUT2D eigenvalue weighted by Gasteiger charge is -2.15. The fraction of sp³-hybridized carbons (Fsp3) is 0.222. The molecule has 0 aromatic heterocycles. The molecule has 0 spiro atoms. The van der Waals surface area contributed by atoms with Gasteiger partial charge < -0.3 is 5.32 Å². The highest BCUT2D eigenvalue weighted by atomic mass is 35.5. The van der Waals surface area contributed by atoms with Crippen LogP contribution in [0.3, 0.4) is 0 Å². The highest BCUT2D eigenvalue weighted by molar-refractivity contribution is 7.99. The van der Waals surface area contributed by atoms with Crippen LogP contribution < -0.4 is 5.32 Å². The number of nitriles is 1. The molecule has 24 heavy (non-hydrogen) atoms. The van der Waals surface area contributed by atoms with Crippen molar-refractivity contribution in [2.45, 2.75) is 18.7 Å². The molecule has 2 aromatic rings. The summed E-state index contributed by atoms with van der Waals surface area (Å²) in [5.74, 6) is 0.988. The van der Waals surface area contributed by atoms with E-state index < -0.39 is 0 Å². The molecule has 0 radical (unpaired) electrons. The first-order chi connectivity index (χ1) is 11.5. The van der Waals surface area contributed by atoms with Gasteiger partial charge in [0.15, 0.2) is 0 Å². The van der Waals surface area contributed by atoms with Crippen LogP contribution in [0.1, 0.15) is 29.7 Å². The number of thioether (sulfide) groups is 1. The second-order valence-corrected chi connectivity index (χ2v) is 7.07. The zero-order valence-corrected chi connectivity index (χ0v) is 15.4. The number of amides is 1. The van der Waals surface area contributed by atoms with Gasteiger partial charge in [0.25, 0.3) is 0 Å². The molecule has 0 saturated carbocycles. The summed E-state index contributed by atoms with van der Waals surface area (Å²) in [4.78, 5) is 12.0. The Morgan fingerprint density at radius 1 is 1.25 bits per heavy atom. The van der Waals surface area contributed by atoms with Crippen molar-refractivity contribution in [1.82, 2.24) is 5.32 Å². The van der Waals surface area contributed by atoms with Crippen LogP contribution in [-0.4, -0.2) is 11.7 Å². The van der Waals surface area contributed by atoms with E-state index in [1.165, 1.54) is 11.8 Å². The van der Waals surface area contributed by atoms with E-state index in [0.717, 1.165) is 11.1 Å². The molecular formula is C18H16Cl2N2OS. The molecule has 6 heteroatoms. The molecule has 3 nitrogen and oxygen atoms in total. The Morgan fingerprint density at radius 2 is 2.04 bits per heavy atom. The second-order valence-electron chi connectivity index (χ2n) is 5.27. The van der Waals surface area contributed by atoms with E-state index in [-0.39, 0.29) is 11.9 Å². The van der Waals surface area contributed by atoms with Crippen LogP contribution in [0.4, 0.5) is 0 Å². The predicted octanol–water partition coefficient (Wildman–Crippen LogP) is 4.98. The number of nitrogens with zero attached hydrogens (tertiary/aromatic N) is 1. The molecule has 0 bridgehead atoms. The first kappa shape index (κ1) is 18.7. The first-order valence-corrected chi connectivity index (χ1v) is 9.21. The minimum Gasteiger partial charge on any atom is -0.349 e. The van der Waals surface area contributed by atoms with Gasteiger partial charge in [-0.15, -0.1) is 11.8 Å². The van der Waals surface area contributed by atoms with Gasteiger partial charge in [-0.3, -0.25) is 4.79 Å². The molecule has 1 atom stereocenters. The topological polar surface area (TPSA) is 52.9 Å². The summed E-state index contributed by atoms with van der Waals surface area (Å²) in [5, 5.41) is 12.8. The number of hydrogen-bond acceptors (Lipinski definition) is 3. The van der Waals surface area contributed by atoms with Crippen LogP contribution in [0.2, 0.25) is 10.0 Å². The summed E-state index contributed by atoms with van der Waals surface area (Å²) in [6.07, 6.45) is 0. The quantitative estimate of drug-likeness (QED) is 0.771. The number of carbonyl (C=O) groups excluding carboxylic acids is 1. The van der Waals surface area contributed by atoms with Crippen LogP contribution >= 0.6 is 35.0 Å². The summed E-state index contributed by atoms with van der Waals surface area (Å²) >= 11 is 13.4. The normalized spacial score (nSPS) is 11.6. The number of halogens is 2. The van der Waals surface area contributed by atoms with Gasteiger partial charge in [-0.1, -0.05) is 41.4 Å². The Morgan fingerprint density at radius 3 is 2.75 bits per heavy atom. The van der Waals surface area contributed by atoms with E-state index in [0.29, 0.717) is 27.1 Å². The molecule has 0 fully saturated rings. The zero-order chi connectivity index (χ0) is 17.5. The van der Waals surface area contributed by atoms with E-state index in [1.807, 2.05) is 31.2 Å². The maximum atomic E-state index is 12.0. The summed E-state index contributed by atoms with van der Waals surface area (Å²) in [5.41, 5.74) is 2.57. The van der Waals surface area contributed by atoms with Crippen LogP contribution in [0, 0.1) is 11.3 Å². The van der Waals surface area contributed by atoms with Crippen molar-refractivity contribution in [2.24, 2.45) is 0 Å². The SMILES string of the molecule is C[C@H](NC(=O)CSCc1cccc(C#N)c1)c1ccc(Cl)c(Cl)c1. The molecular weight excluding hydrogens is 363 g/mol. The average Bonchev–Trinajstić information content (AvgIpc) is 2.57. The molecule has 2 aromatic carbocycles. The number of benzene rings is 2. The Hall–Kier alpha value is -1.67. The van der Waals surface area contributed by atoms with Crippen LogP contribution in [-0.2, 0) is 10.5 Å². The first-order valence-electron chi connectivity index (χ1n) is 7.30. The van der Waals surface area contributed by atoms with Gasteiger partial charge in [0, 0.05) is 5.75 Å². The van der Waals surface area contributed by atoms with E-state index in [1.54, 1.807) is 18.2 Å². The van der Waals surface area contributed by atoms with Gasteiger partial charge in [-0.2, -0.15) is 5.26 Å². The van der Waals surface area contributed by atoms with Crippen LogP contribution in [0.25, 0.3) is 0 Å². The zero-order valence-electron chi connectivity index (χ0n) is 13.1. The minimum atomic E-state index is -0.144. The maximum Gasteiger partial charge on any atom is 0.230 e. The van der Waals surface area contributed by atoms with Crippen molar-refractivity contribution < 1.29 is 4.79 Å². The smallest absolute Gasteiger partial charge is 0.230 e. The van der Waals surface area contributed by atoms with Crippen LogP contribution in [0.15, 0.2) is 42.5 Å². The standard InChI is InChI=1S/C18H16Cl2N2OS/c1-12(15-5-6-16(19)17(20)8-15)22-18(23)11-24-10-14-4-2-3-13(7-14)9-21/h2-8,12H,10-11H2,1H3,(H,22,23)/t12-/m0/s1. The number of rotatable bonds is 6. The average molecular weight is 379 g/mol. The van der Waals surface area contributed by atoms with Crippen molar-refractivity contribution in [2.75, 3.05) is 5.75 Å². The summed E-state index contributed by atoms with van der Waals surface area (Å²) in [7, 11) is 0. The summed E-state index contributed by atoms with van der Waals surface area (Å²) in [6, 6.07) is 14.7. The van der Waals surface area contributed by atoms with Gasteiger partial charge >= 0.3 is 0 Å². The van der Waals surface area contributed by atoms with Crippen molar-refractivity contribution in [3.63, 3.8) is 0 Å². The molecule has 0 aliphatic rings. The molecule has 1 amide bonds. The number of nitrogens with one attached hydrogen (secondary N) is 1. The number of hydrogen-bond donors (Lipinski definition) is 1. The molecule has 0 aliphatic carbocycles. The summed E-state index contributed by atoms with van der Waals surface area (Å²) in [6.45, 7) is 1.90. The molecule has 0 unspecified atom stereocenters. The second kappa shape index (κ2) is 8.98. The Balaban J connectivity index is 1.82. The van der Waals surface area contributed by atoms with Gasteiger partial charge in [-0.25, -0.2) is 0 Å². The maximum absolute atomic E-state index is 12.0. The monoisotopic (exact) mass is 378 g/mol. The fourth-order valence-corrected chi connectivity index (χ4v) is 3.23. The highest BCUT2D eigenvalue weighted by Crippen LogP contribution is 2.25. The fourth-order valence-electron chi connectivity index (χ4n) is 2.14. The van der Waals surface area contributed by atoms with Gasteiger partial charge in [-0.05, 0) is 42.3 Å². The van der Waals surface area contributed by atoms with Crippen molar-refractivity contribution >= 4 is 40.9 Å². The number of carbonyl (C=O) groups is 1. The van der Waals surface area contributed by atoms with E-state index >= 15 is 0 Å². The van der Waals surface area contributed by atoms with E-state index in [4.69, 9.17) is 28.5 Å². The van der Waals surface area contributed by atoms with Crippen molar-refractivity contribution in [3.8, 4) is 6.07 Å². The van der Waals surface area contributed by atoms with E-state index in [2.05, 4.69) is 11.4 Å². The van der Waals surface area contributed by atoms with E-state index in [9.17, 15) is 4.79 Å². The third kappa shape index (κ3) is 5.45. The largest absolute Gasteiger partial charge is 0.349 e. The molecule has 2 rings (SSSR count). The minimum absolute atomic E-state index is 0.0463. The lowest BCUT2D eigenvalue weighted by atomic mass is 10.1.